The smallest absolute Gasteiger partial charge is 0.266 e. The standard InChI is InChI=1S/C15H15NO4S/c1-9-2-4-11(5-3-9)21(18,19)16-8-10-6-13-14(20-13)7-12(10)15(16)17/h2-5,7,10,13-14H,6,8H2,1H3/t10-,13+,14-/m1/s1. The van der Waals surface area contributed by atoms with E-state index in [1.54, 1.807) is 30.3 Å². The van der Waals surface area contributed by atoms with Crippen molar-refractivity contribution in [1.82, 2.24) is 4.31 Å². The number of carbonyl (C=O) groups excluding carboxylic acids is 1. The van der Waals surface area contributed by atoms with Crippen LogP contribution in [0.1, 0.15) is 12.0 Å². The normalized spacial score (nSPS) is 30.7. The molecule has 4 rings (SSSR count). The number of hydrogen-bond donors (Lipinski definition) is 0. The second kappa shape index (κ2) is 4.18. The van der Waals surface area contributed by atoms with Crippen LogP contribution in [0, 0.1) is 12.8 Å². The van der Waals surface area contributed by atoms with E-state index in [1.807, 2.05) is 6.92 Å². The molecular formula is C15H15NO4S. The molecule has 2 aliphatic heterocycles. The molecule has 6 heteroatoms. The summed E-state index contributed by atoms with van der Waals surface area (Å²) in [4.78, 5) is 12.6. The summed E-state index contributed by atoms with van der Waals surface area (Å²) in [6.07, 6.45) is 2.73. The van der Waals surface area contributed by atoms with Gasteiger partial charge in [-0.3, -0.25) is 4.79 Å². The fourth-order valence-electron chi connectivity index (χ4n) is 3.10. The van der Waals surface area contributed by atoms with Gasteiger partial charge in [0.15, 0.2) is 0 Å². The predicted molar refractivity (Wildman–Crippen MR) is 74.9 cm³/mol. The molecule has 5 nitrogen and oxygen atoms in total. The Morgan fingerprint density at radius 3 is 2.67 bits per heavy atom. The molecule has 0 radical (unpaired) electrons. The number of epoxide rings is 1. The summed E-state index contributed by atoms with van der Waals surface area (Å²) in [5.74, 6) is -0.420. The molecule has 2 heterocycles. The summed E-state index contributed by atoms with van der Waals surface area (Å²) in [6, 6.07) is 6.58. The van der Waals surface area contributed by atoms with Crippen LogP contribution in [0.2, 0.25) is 0 Å². The van der Waals surface area contributed by atoms with Crippen LogP contribution in [-0.4, -0.2) is 37.4 Å². The van der Waals surface area contributed by atoms with E-state index in [-0.39, 0.29) is 29.6 Å². The molecule has 0 aromatic heterocycles. The van der Waals surface area contributed by atoms with E-state index in [0.717, 1.165) is 16.3 Å². The summed E-state index contributed by atoms with van der Waals surface area (Å²) in [6.45, 7) is 2.12. The summed E-state index contributed by atoms with van der Waals surface area (Å²) in [7, 11) is -3.76. The van der Waals surface area contributed by atoms with Crippen molar-refractivity contribution in [3.8, 4) is 0 Å². The largest absolute Gasteiger partial charge is 0.365 e. The Bertz CT molecular complexity index is 750. The molecule has 0 saturated carbocycles. The maximum atomic E-state index is 12.6. The number of amides is 1. The number of ether oxygens (including phenoxy) is 1. The topological polar surface area (TPSA) is 67.0 Å². The van der Waals surface area contributed by atoms with Crippen molar-refractivity contribution in [2.75, 3.05) is 6.54 Å². The lowest BCUT2D eigenvalue weighted by Gasteiger charge is -2.16. The van der Waals surface area contributed by atoms with Crippen LogP contribution >= 0.6 is 0 Å². The molecule has 1 aliphatic carbocycles. The molecule has 0 spiro atoms. The summed E-state index contributed by atoms with van der Waals surface area (Å²) < 4.78 is 31.7. The van der Waals surface area contributed by atoms with Crippen molar-refractivity contribution in [1.29, 1.82) is 0 Å². The van der Waals surface area contributed by atoms with Crippen molar-refractivity contribution in [2.45, 2.75) is 30.4 Å². The summed E-state index contributed by atoms with van der Waals surface area (Å²) in [5.41, 5.74) is 1.58. The van der Waals surface area contributed by atoms with E-state index in [1.165, 1.54) is 0 Å². The van der Waals surface area contributed by atoms with Gasteiger partial charge in [0.05, 0.1) is 11.0 Å². The molecule has 3 atom stereocenters. The van der Waals surface area contributed by atoms with Gasteiger partial charge in [0.2, 0.25) is 0 Å². The van der Waals surface area contributed by atoms with Crippen molar-refractivity contribution >= 4 is 15.9 Å². The Morgan fingerprint density at radius 1 is 1.24 bits per heavy atom. The molecular weight excluding hydrogens is 290 g/mol. The third-order valence-electron chi connectivity index (χ3n) is 4.39. The van der Waals surface area contributed by atoms with Gasteiger partial charge in [0.25, 0.3) is 15.9 Å². The van der Waals surface area contributed by atoms with Crippen molar-refractivity contribution < 1.29 is 17.9 Å². The van der Waals surface area contributed by atoms with Gasteiger partial charge in [-0.05, 0) is 31.6 Å². The Hall–Kier alpha value is -1.66. The second-order valence-corrected chi connectivity index (χ2v) is 7.71. The summed E-state index contributed by atoms with van der Waals surface area (Å²) >= 11 is 0. The molecule has 2 saturated heterocycles. The van der Waals surface area contributed by atoms with Crippen molar-refractivity contribution in [2.24, 2.45) is 5.92 Å². The van der Waals surface area contributed by atoms with Crippen molar-refractivity contribution in [3.05, 3.63) is 41.5 Å². The van der Waals surface area contributed by atoms with Crippen molar-refractivity contribution in [3.63, 3.8) is 0 Å². The van der Waals surface area contributed by atoms with E-state index in [2.05, 4.69) is 0 Å². The highest BCUT2D eigenvalue weighted by atomic mass is 32.2. The maximum absolute atomic E-state index is 12.6. The Morgan fingerprint density at radius 2 is 1.95 bits per heavy atom. The number of sulfonamides is 1. The number of carbonyl (C=O) groups is 1. The Kier molecular flexibility index (Phi) is 2.59. The molecule has 21 heavy (non-hydrogen) atoms. The van der Waals surface area contributed by atoms with Crippen LogP contribution in [0.3, 0.4) is 0 Å². The van der Waals surface area contributed by atoms with Gasteiger partial charge in [-0.1, -0.05) is 17.7 Å². The monoisotopic (exact) mass is 305 g/mol. The Balaban J connectivity index is 1.69. The molecule has 3 aliphatic rings. The van der Waals surface area contributed by atoms with Crippen LogP contribution < -0.4 is 0 Å². The molecule has 1 aromatic carbocycles. The molecule has 1 amide bonds. The van der Waals surface area contributed by atoms with E-state index in [0.29, 0.717) is 5.57 Å². The van der Waals surface area contributed by atoms with Crippen LogP contribution in [0.5, 0.6) is 0 Å². The highest BCUT2D eigenvalue weighted by molar-refractivity contribution is 7.89. The Labute approximate surface area is 123 Å². The van der Waals surface area contributed by atoms with Crippen LogP contribution in [0.15, 0.2) is 40.8 Å². The van der Waals surface area contributed by atoms with E-state index < -0.39 is 15.9 Å². The first-order valence-electron chi connectivity index (χ1n) is 6.98. The first-order valence-corrected chi connectivity index (χ1v) is 8.42. The SMILES string of the molecule is Cc1ccc(S(=O)(=O)N2C[C@H]3C[C@@H]4O[C@@H]4C=C3C2=O)cc1. The quantitative estimate of drug-likeness (QED) is 0.771. The average molecular weight is 305 g/mol. The van der Waals surface area contributed by atoms with Gasteiger partial charge in [-0.2, -0.15) is 0 Å². The van der Waals surface area contributed by atoms with E-state index >= 15 is 0 Å². The highest BCUT2D eigenvalue weighted by Gasteiger charge is 2.51. The number of aryl methyl sites for hydroxylation is 1. The van der Waals surface area contributed by atoms with Crippen LogP contribution in [0.25, 0.3) is 0 Å². The third kappa shape index (κ3) is 1.93. The molecule has 1 aromatic rings. The zero-order valence-corrected chi connectivity index (χ0v) is 12.3. The lowest BCUT2D eigenvalue weighted by Crippen LogP contribution is -2.32. The van der Waals surface area contributed by atoms with Crippen LogP contribution in [0.4, 0.5) is 0 Å². The second-order valence-electron chi connectivity index (χ2n) is 5.85. The first kappa shape index (κ1) is 13.0. The number of fused-ring (bicyclic) bond motifs is 2. The minimum absolute atomic E-state index is 0.0160. The predicted octanol–water partition coefficient (Wildman–Crippen LogP) is 1.24. The lowest BCUT2D eigenvalue weighted by atomic mass is 9.90. The molecule has 0 unspecified atom stereocenters. The van der Waals surface area contributed by atoms with E-state index in [4.69, 9.17) is 4.74 Å². The van der Waals surface area contributed by atoms with Gasteiger partial charge < -0.3 is 4.74 Å². The number of benzene rings is 1. The van der Waals surface area contributed by atoms with Gasteiger partial charge >= 0.3 is 0 Å². The number of hydrogen-bond acceptors (Lipinski definition) is 4. The zero-order chi connectivity index (χ0) is 14.8. The minimum atomic E-state index is -3.76. The fraction of sp³-hybridized carbons (Fsp3) is 0.400. The number of rotatable bonds is 2. The van der Waals surface area contributed by atoms with Gasteiger partial charge in [0, 0.05) is 18.0 Å². The fourth-order valence-corrected chi connectivity index (χ4v) is 4.54. The highest BCUT2D eigenvalue weighted by Crippen LogP contribution is 2.43. The molecule has 0 N–H and O–H groups in total. The van der Waals surface area contributed by atoms with E-state index in [9.17, 15) is 13.2 Å². The number of nitrogens with zero attached hydrogens (tertiary/aromatic N) is 1. The molecule has 2 fully saturated rings. The zero-order valence-electron chi connectivity index (χ0n) is 11.5. The molecule has 110 valence electrons. The first-order chi connectivity index (χ1) is 9.96. The van der Waals surface area contributed by atoms with Gasteiger partial charge in [0.1, 0.15) is 6.10 Å². The third-order valence-corrected chi connectivity index (χ3v) is 6.15. The van der Waals surface area contributed by atoms with Crippen LogP contribution in [-0.2, 0) is 19.6 Å². The average Bonchev–Trinajstić information content (AvgIpc) is 3.14. The van der Waals surface area contributed by atoms with Gasteiger partial charge in [-0.15, -0.1) is 0 Å². The summed E-state index contributed by atoms with van der Waals surface area (Å²) in [5, 5.41) is 0. The maximum Gasteiger partial charge on any atom is 0.266 e. The van der Waals surface area contributed by atoms with Gasteiger partial charge in [-0.25, -0.2) is 12.7 Å². The molecule has 0 bridgehead atoms. The lowest BCUT2D eigenvalue weighted by molar-refractivity contribution is -0.120. The minimum Gasteiger partial charge on any atom is -0.365 e.